The van der Waals surface area contributed by atoms with Crippen LogP contribution in [0.4, 0.5) is 21.5 Å². The first-order valence-electron chi connectivity index (χ1n) is 5.37. The number of carbonyl (C=O) groups is 1. The lowest BCUT2D eigenvalue weighted by Crippen LogP contribution is -2.02. The molecule has 1 aromatic heterocycles. The Morgan fingerprint density at radius 1 is 1.40 bits per heavy atom. The van der Waals surface area contributed by atoms with E-state index in [2.05, 4.69) is 10.3 Å². The molecular weight excluding hydrogens is 269 g/mol. The molecule has 1 aromatic carbocycles. The largest absolute Gasteiger partial charge is 0.478 e. The van der Waals surface area contributed by atoms with Crippen LogP contribution < -0.4 is 5.32 Å². The van der Waals surface area contributed by atoms with E-state index < -0.39 is 22.3 Å². The summed E-state index contributed by atoms with van der Waals surface area (Å²) in [6.07, 6.45) is 2.40. The molecule has 8 heteroatoms. The van der Waals surface area contributed by atoms with Gasteiger partial charge in [0, 0.05) is 11.9 Å². The maximum atomic E-state index is 13.5. The average Bonchev–Trinajstić information content (AvgIpc) is 2.38. The third-order valence-electron chi connectivity index (χ3n) is 2.48. The first kappa shape index (κ1) is 13.4. The van der Waals surface area contributed by atoms with Crippen LogP contribution in [-0.4, -0.2) is 21.0 Å². The van der Waals surface area contributed by atoms with Crippen molar-refractivity contribution in [1.82, 2.24) is 4.98 Å². The fourth-order valence-electron chi connectivity index (χ4n) is 1.56. The number of carboxylic acid groups (broad SMARTS) is 1. The molecule has 0 saturated carbocycles. The number of halogens is 1. The molecule has 1 heterocycles. The summed E-state index contributed by atoms with van der Waals surface area (Å²) in [6.45, 7) is 0. The lowest BCUT2D eigenvalue weighted by molar-refractivity contribution is -0.384. The van der Waals surface area contributed by atoms with Gasteiger partial charge in [0.1, 0.15) is 17.7 Å². The summed E-state index contributed by atoms with van der Waals surface area (Å²) in [5.74, 6) is -2.32. The van der Waals surface area contributed by atoms with E-state index in [1.54, 1.807) is 0 Å². The summed E-state index contributed by atoms with van der Waals surface area (Å²) in [4.78, 5) is 24.5. The van der Waals surface area contributed by atoms with E-state index in [0.29, 0.717) is 0 Å². The van der Waals surface area contributed by atoms with E-state index in [-0.39, 0.29) is 17.1 Å². The molecule has 2 aromatic rings. The highest BCUT2D eigenvalue weighted by Gasteiger charge is 2.15. The smallest absolute Gasteiger partial charge is 0.338 e. The molecule has 0 aliphatic heterocycles. The van der Waals surface area contributed by atoms with Crippen molar-refractivity contribution in [1.29, 1.82) is 0 Å². The Hall–Kier alpha value is -3.03. The first-order valence-corrected chi connectivity index (χ1v) is 5.37. The van der Waals surface area contributed by atoms with E-state index in [0.717, 1.165) is 18.3 Å². The van der Waals surface area contributed by atoms with Gasteiger partial charge in [-0.1, -0.05) is 0 Å². The van der Waals surface area contributed by atoms with Crippen LogP contribution in [0.5, 0.6) is 0 Å². The Bertz CT molecular complexity index is 690. The average molecular weight is 277 g/mol. The normalized spacial score (nSPS) is 10.1. The minimum atomic E-state index is -1.39. The molecular formula is C12H8FN3O4. The Balaban J connectivity index is 2.34. The van der Waals surface area contributed by atoms with Crippen LogP contribution in [0.3, 0.4) is 0 Å². The van der Waals surface area contributed by atoms with Crippen molar-refractivity contribution in [3.63, 3.8) is 0 Å². The third-order valence-corrected chi connectivity index (χ3v) is 2.48. The zero-order valence-electron chi connectivity index (χ0n) is 9.91. The number of nitrogens with one attached hydrogen (secondary N) is 1. The SMILES string of the molecule is O=C(O)c1ccc(Nc2ccncc2[N+](=O)[O-])cc1F. The predicted octanol–water partition coefficient (Wildman–Crippen LogP) is 2.57. The van der Waals surface area contributed by atoms with Gasteiger partial charge in [-0.3, -0.25) is 15.1 Å². The number of aromatic nitrogens is 1. The lowest BCUT2D eigenvalue weighted by atomic mass is 10.2. The van der Waals surface area contributed by atoms with Gasteiger partial charge < -0.3 is 10.4 Å². The molecule has 0 amide bonds. The molecule has 20 heavy (non-hydrogen) atoms. The number of pyridine rings is 1. The van der Waals surface area contributed by atoms with Crippen molar-refractivity contribution in [2.45, 2.75) is 0 Å². The molecule has 0 aliphatic carbocycles. The number of carboxylic acids is 1. The molecule has 0 fully saturated rings. The Morgan fingerprint density at radius 2 is 2.15 bits per heavy atom. The summed E-state index contributed by atoms with van der Waals surface area (Å²) in [7, 11) is 0. The van der Waals surface area contributed by atoms with Gasteiger partial charge in [0.25, 0.3) is 0 Å². The van der Waals surface area contributed by atoms with Gasteiger partial charge >= 0.3 is 11.7 Å². The van der Waals surface area contributed by atoms with E-state index >= 15 is 0 Å². The van der Waals surface area contributed by atoms with E-state index in [1.807, 2.05) is 0 Å². The molecule has 0 radical (unpaired) electrons. The van der Waals surface area contributed by atoms with Crippen LogP contribution in [-0.2, 0) is 0 Å². The molecule has 7 nitrogen and oxygen atoms in total. The minimum Gasteiger partial charge on any atom is -0.478 e. The van der Waals surface area contributed by atoms with Gasteiger partial charge in [-0.2, -0.15) is 0 Å². The quantitative estimate of drug-likeness (QED) is 0.657. The highest BCUT2D eigenvalue weighted by molar-refractivity contribution is 5.88. The topological polar surface area (TPSA) is 105 Å². The third kappa shape index (κ3) is 2.69. The van der Waals surface area contributed by atoms with E-state index in [4.69, 9.17) is 5.11 Å². The summed E-state index contributed by atoms with van der Waals surface area (Å²) in [5, 5.41) is 22.1. The Kier molecular flexibility index (Phi) is 3.56. The van der Waals surface area contributed by atoms with Gasteiger partial charge in [0.15, 0.2) is 0 Å². The van der Waals surface area contributed by atoms with Crippen LogP contribution in [0.2, 0.25) is 0 Å². The van der Waals surface area contributed by atoms with Crippen molar-refractivity contribution in [2.75, 3.05) is 5.32 Å². The summed E-state index contributed by atoms with van der Waals surface area (Å²) < 4.78 is 13.5. The predicted molar refractivity (Wildman–Crippen MR) is 67.5 cm³/mol. The first-order chi connectivity index (χ1) is 9.49. The maximum absolute atomic E-state index is 13.5. The molecule has 0 aliphatic rings. The second-order valence-corrected chi connectivity index (χ2v) is 3.77. The highest BCUT2D eigenvalue weighted by Crippen LogP contribution is 2.26. The molecule has 0 saturated heterocycles. The fourth-order valence-corrected chi connectivity index (χ4v) is 1.56. The number of hydrogen-bond acceptors (Lipinski definition) is 5. The molecule has 0 atom stereocenters. The zero-order valence-corrected chi connectivity index (χ0v) is 9.91. The zero-order chi connectivity index (χ0) is 14.7. The van der Waals surface area contributed by atoms with Crippen LogP contribution in [0.15, 0.2) is 36.7 Å². The van der Waals surface area contributed by atoms with Crippen LogP contribution >= 0.6 is 0 Å². The number of nitro groups is 1. The van der Waals surface area contributed by atoms with Gasteiger partial charge in [-0.25, -0.2) is 9.18 Å². The van der Waals surface area contributed by atoms with Gasteiger partial charge in [0.2, 0.25) is 0 Å². The molecule has 0 spiro atoms. The molecule has 2 N–H and O–H groups in total. The maximum Gasteiger partial charge on any atom is 0.338 e. The molecule has 0 unspecified atom stereocenters. The second kappa shape index (κ2) is 5.31. The summed E-state index contributed by atoms with van der Waals surface area (Å²) in [6, 6.07) is 4.71. The Labute approximate surface area is 111 Å². The lowest BCUT2D eigenvalue weighted by Gasteiger charge is -2.07. The number of nitrogens with zero attached hydrogens (tertiary/aromatic N) is 2. The monoisotopic (exact) mass is 277 g/mol. The number of aromatic carboxylic acids is 1. The number of anilines is 2. The number of hydrogen-bond donors (Lipinski definition) is 2. The van der Waals surface area contributed by atoms with Crippen molar-refractivity contribution >= 4 is 23.0 Å². The Morgan fingerprint density at radius 3 is 2.75 bits per heavy atom. The van der Waals surface area contributed by atoms with Crippen LogP contribution in [0, 0.1) is 15.9 Å². The molecule has 2 rings (SSSR count). The molecule has 0 bridgehead atoms. The highest BCUT2D eigenvalue weighted by atomic mass is 19.1. The number of benzene rings is 1. The van der Waals surface area contributed by atoms with Crippen LogP contribution in [0.25, 0.3) is 0 Å². The standard InChI is InChI=1S/C12H8FN3O4/c13-9-5-7(1-2-8(9)12(17)18)15-10-3-4-14-6-11(10)16(19)20/h1-6H,(H,14,15)(H,17,18). The van der Waals surface area contributed by atoms with Crippen molar-refractivity contribution in [2.24, 2.45) is 0 Å². The summed E-state index contributed by atoms with van der Waals surface area (Å²) in [5.41, 5.74) is -0.413. The fraction of sp³-hybridized carbons (Fsp3) is 0. The van der Waals surface area contributed by atoms with Gasteiger partial charge in [-0.05, 0) is 24.3 Å². The number of rotatable bonds is 4. The van der Waals surface area contributed by atoms with Crippen molar-refractivity contribution < 1.29 is 19.2 Å². The van der Waals surface area contributed by atoms with Crippen LogP contribution in [0.1, 0.15) is 10.4 Å². The second-order valence-electron chi connectivity index (χ2n) is 3.77. The van der Waals surface area contributed by atoms with Gasteiger partial charge in [0.05, 0.1) is 10.5 Å². The van der Waals surface area contributed by atoms with Crippen molar-refractivity contribution in [3.8, 4) is 0 Å². The summed E-state index contributed by atoms with van der Waals surface area (Å²) >= 11 is 0. The van der Waals surface area contributed by atoms with Crippen molar-refractivity contribution in [3.05, 3.63) is 58.2 Å². The molecule has 102 valence electrons. The van der Waals surface area contributed by atoms with Gasteiger partial charge in [-0.15, -0.1) is 0 Å². The van der Waals surface area contributed by atoms with E-state index in [1.165, 1.54) is 18.3 Å². The van der Waals surface area contributed by atoms with E-state index in [9.17, 15) is 19.3 Å². The minimum absolute atomic E-state index is 0.132.